The Morgan fingerprint density at radius 2 is 2.00 bits per heavy atom. The van der Waals surface area contributed by atoms with Gasteiger partial charge in [0, 0.05) is 25.1 Å². The minimum absolute atomic E-state index is 0.0330. The highest BCUT2D eigenvalue weighted by Gasteiger charge is 2.22. The first-order chi connectivity index (χ1) is 12.4. The standard InChI is InChI=1S/C19H18N4O3/c1-11(24)17-19(26)23-10-20-16-13-6-4-5-7-15(13)22(12(2)25)9-8-14(16)18(23)21(17)3/h4-7,10H,8-9H2,1-3H3/p+1. The number of para-hydroxylation sites is 1. The molecule has 1 N–H and O–H groups in total. The van der Waals surface area contributed by atoms with Crippen molar-refractivity contribution in [1.29, 1.82) is 0 Å². The van der Waals surface area contributed by atoms with E-state index in [0.29, 0.717) is 18.6 Å². The number of carbonyl (C=O) groups is 1. The van der Waals surface area contributed by atoms with Crippen LogP contribution in [0.25, 0.3) is 11.4 Å². The lowest BCUT2D eigenvalue weighted by Gasteiger charge is -2.05. The van der Waals surface area contributed by atoms with E-state index in [0.717, 1.165) is 21.5 Å². The predicted octanol–water partition coefficient (Wildman–Crippen LogP) is -0.400. The smallest absolute Gasteiger partial charge is 0.384 e. The molecule has 7 nitrogen and oxygen atoms in total. The molecule has 3 aromatic rings. The number of aliphatic hydroxyl groups excluding tert-OH is 1. The van der Waals surface area contributed by atoms with Crippen molar-refractivity contribution in [3.8, 4) is 0 Å². The summed E-state index contributed by atoms with van der Waals surface area (Å²) in [5.74, 6) is -0.0693. The Balaban J connectivity index is 2.36. The molecule has 0 aliphatic carbocycles. The first kappa shape index (κ1) is 16.3. The summed E-state index contributed by atoms with van der Waals surface area (Å²) in [6.07, 6.45) is 2.05. The van der Waals surface area contributed by atoms with Crippen LogP contribution in [0.4, 0.5) is 0 Å². The lowest BCUT2D eigenvalue weighted by atomic mass is 10.1. The summed E-state index contributed by atoms with van der Waals surface area (Å²) in [5.41, 5.74) is 1.26. The summed E-state index contributed by atoms with van der Waals surface area (Å²) in [6.45, 7) is 3.54. The molecule has 0 unspecified atom stereocenters. The van der Waals surface area contributed by atoms with Crippen LogP contribution in [-0.2, 0) is 18.3 Å². The number of carbonyl (C=O) groups excluding carboxylic acids is 1. The van der Waals surface area contributed by atoms with Crippen molar-refractivity contribution >= 4 is 17.3 Å². The lowest BCUT2D eigenvalue weighted by Crippen LogP contribution is -2.35. The Kier molecular flexibility index (Phi) is 3.54. The molecule has 0 spiro atoms. The van der Waals surface area contributed by atoms with Crippen molar-refractivity contribution in [3.63, 3.8) is 0 Å². The molecule has 0 saturated carbocycles. The average Bonchev–Trinajstić information content (AvgIpc) is 2.76. The summed E-state index contributed by atoms with van der Waals surface area (Å²) in [4.78, 5) is 29.3. The number of benzene rings is 1. The average molecular weight is 351 g/mol. The minimum atomic E-state index is -0.307. The second-order valence-electron chi connectivity index (χ2n) is 6.50. The van der Waals surface area contributed by atoms with Crippen molar-refractivity contribution in [1.82, 2.24) is 18.5 Å². The van der Waals surface area contributed by atoms with Gasteiger partial charge in [0.15, 0.2) is 6.54 Å². The topological polar surface area (TPSA) is 79.6 Å². The highest BCUT2D eigenvalue weighted by molar-refractivity contribution is 5.74. The van der Waals surface area contributed by atoms with Crippen LogP contribution in [0.5, 0.6) is 0 Å². The molecule has 0 saturated heterocycles. The van der Waals surface area contributed by atoms with E-state index in [4.69, 9.17) is 0 Å². The van der Waals surface area contributed by atoms with Gasteiger partial charge in [-0.05, 0) is 13.0 Å². The van der Waals surface area contributed by atoms with E-state index in [-0.39, 0.29) is 22.6 Å². The van der Waals surface area contributed by atoms with E-state index in [9.17, 15) is 14.7 Å². The second kappa shape index (κ2) is 5.66. The zero-order valence-electron chi connectivity index (χ0n) is 14.9. The van der Waals surface area contributed by atoms with Gasteiger partial charge in [-0.2, -0.15) is 4.58 Å². The molecule has 0 atom stereocenters. The summed E-state index contributed by atoms with van der Waals surface area (Å²) >= 11 is 0. The fourth-order valence-electron chi connectivity index (χ4n) is 3.82. The molecule has 4 rings (SSSR count). The van der Waals surface area contributed by atoms with Gasteiger partial charge in [0.2, 0.25) is 5.36 Å². The zero-order valence-corrected chi connectivity index (χ0v) is 14.9. The highest BCUT2D eigenvalue weighted by atomic mass is 16.3. The number of nitrogens with zero attached hydrogens (tertiary/aromatic N) is 4. The Morgan fingerprint density at radius 1 is 1.27 bits per heavy atom. The maximum Gasteiger partial charge on any atom is 0.384 e. The van der Waals surface area contributed by atoms with Crippen molar-refractivity contribution in [3.05, 3.63) is 67.8 Å². The molecule has 1 aromatic carbocycles. The molecular formula is C19H19N4O3+. The summed E-state index contributed by atoms with van der Waals surface area (Å²) < 4.78 is 4.89. The van der Waals surface area contributed by atoms with Crippen LogP contribution in [0.3, 0.4) is 0 Å². The van der Waals surface area contributed by atoms with E-state index >= 15 is 0 Å². The number of hydrogen-bond acceptors (Lipinski definition) is 4. The third-order valence-corrected chi connectivity index (χ3v) is 4.92. The first-order valence-electron chi connectivity index (χ1n) is 8.41. The largest absolute Gasteiger partial charge is 0.510 e. The van der Waals surface area contributed by atoms with Gasteiger partial charge < -0.3 is 9.67 Å². The molecule has 0 fully saturated rings. The summed E-state index contributed by atoms with van der Waals surface area (Å²) in [5, 5.41) is 12.6. The van der Waals surface area contributed by atoms with Crippen LogP contribution in [0.2, 0.25) is 0 Å². The van der Waals surface area contributed by atoms with Gasteiger partial charge in [0.05, 0.1) is 17.5 Å². The van der Waals surface area contributed by atoms with Crippen molar-refractivity contribution in [2.45, 2.75) is 20.3 Å². The Morgan fingerprint density at radius 3 is 2.69 bits per heavy atom. The number of aromatic nitrogens is 3. The van der Waals surface area contributed by atoms with Gasteiger partial charge in [0.25, 0.3) is 5.56 Å². The minimum Gasteiger partial charge on any atom is -0.510 e. The quantitative estimate of drug-likeness (QED) is 0.559. The van der Waals surface area contributed by atoms with Crippen LogP contribution in [0.1, 0.15) is 19.4 Å². The van der Waals surface area contributed by atoms with Crippen molar-refractivity contribution in [2.24, 2.45) is 7.05 Å². The zero-order chi connectivity index (χ0) is 18.6. The number of rotatable bonds is 0. The molecule has 0 radical (unpaired) electrons. The fraction of sp³-hybridized carbons (Fsp3) is 0.263. The van der Waals surface area contributed by atoms with Gasteiger partial charge in [-0.3, -0.25) is 9.20 Å². The van der Waals surface area contributed by atoms with Crippen LogP contribution >= 0.6 is 0 Å². The van der Waals surface area contributed by atoms with Crippen LogP contribution in [0, 0.1) is 10.6 Å². The second-order valence-corrected chi connectivity index (χ2v) is 6.50. The SMILES string of the molecule is CC(=O)[N+]1=c2ccccc2=c2ncn3c(=O)/c(=C(/C)O)n(C)c3c2CC1. The molecule has 1 amide bonds. The number of aryl methyl sites for hydroxylation is 1. The van der Waals surface area contributed by atoms with Crippen LogP contribution in [0.15, 0.2) is 35.4 Å². The monoisotopic (exact) mass is 351 g/mol. The predicted molar refractivity (Wildman–Crippen MR) is 96.0 cm³/mol. The molecule has 3 heterocycles. The number of amides is 1. The van der Waals surface area contributed by atoms with Gasteiger partial charge in [0.1, 0.15) is 23.1 Å². The molecule has 26 heavy (non-hydrogen) atoms. The van der Waals surface area contributed by atoms with E-state index in [2.05, 4.69) is 4.98 Å². The Labute approximate surface area is 148 Å². The third kappa shape index (κ3) is 2.13. The number of fused-ring (bicyclic) bond motifs is 4. The number of imidazole rings is 1. The Bertz CT molecular complexity index is 1360. The molecule has 2 aromatic heterocycles. The van der Waals surface area contributed by atoms with Gasteiger partial charge in [-0.15, -0.1) is 0 Å². The third-order valence-electron chi connectivity index (χ3n) is 4.92. The van der Waals surface area contributed by atoms with Crippen LogP contribution < -0.4 is 20.8 Å². The summed E-state index contributed by atoms with van der Waals surface area (Å²) in [7, 11) is 1.76. The molecule has 1 aliphatic heterocycles. The van der Waals surface area contributed by atoms with Gasteiger partial charge in [-0.25, -0.2) is 9.78 Å². The van der Waals surface area contributed by atoms with E-state index in [1.807, 2.05) is 24.3 Å². The van der Waals surface area contributed by atoms with Crippen molar-refractivity contribution < 1.29 is 9.90 Å². The number of aliphatic hydroxyl groups is 1. The molecule has 7 heteroatoms. The highest BCUT2D eigenvalue weighted by Crippen LogP contribution is 2.11. The van der Waals surface area contributed by atoms with Crippen LogP contribution in [-0.4, -0.2) is 31.5 Å². The first-order valence-corrected chi connectivity index (χ1v) is 8.41. The number of hydrogen-bond donors (Lipinski definition) is 1. The Hall–Kier alpha value is -3.22. The van der Waals surface area contributed by atoms with Gasteiger partial charge >= 0.3 is 5.91 Å². The van der Waals surface area contributed by atoms with E-state index in [1.165, 1.54) is 17.7 Å². The lowest BCUT2D eigenvalue weighted by molar-refractivity contribution is -0.120. The maximum absolute atomic E-state index is 12.6. The molecule has 0 bridgehead atoms. The maximum atomic E-state index is 12.6. The molecule has 1 aliphatic rings. The molecule has 132 valence electrons. The molecular weight excluding hydrogens is 332 g/mol. The summed E-state index contributed by atoms with van der Waals surface area (Å²) in [6, 6.07) is 7.65. The van der Waals surface area contributed by atoms with E-state index in [1.54, 1.807) is 23.1 Å². The van der Waals surface area contributed by atoms with E-state index < -0.39 is 0 Å². The normalized spacial score (nSPS) is 14.7. The van der Waals surface area contributed by atoms with Crippen molar-refractivity contribution in [2.75, 3.05) is 6.54 Å². The van der Waals surface area contributed by atoms with Gasteiger partial charge in [-0.1, -0.05) is 12.1 Å². The fourth-order valence-corrected chi connectivity index (χ4v) is 3.82.